The van der Waals surface area contributed by atoms with Crippen molar-refractivity contribution >= 4 is 5.78 Å². The molecule has 0 unspecified atom stereocenters. The molecule has 0 aliphatic heterocycles. The van der Waals surface area contributed by atoms with E-state index in [2.05, 4.69) is 11.9 Å². The number of ketones is 1. The van der Waals surface area contributed by atoms with Crippen molar-refractivity contribution in [3.8, 4) is 17.0 Å². The SMILES string of the molecule is CCCCOc1ccc(-c2ccc(C(C)=O)c(C)n2)cc1. The lowest BCUT2D eigenvalue weighted by molar-refractivity contribution is 0.101. The van der Waals surface area contributed by atoms with E-state index in [1.165, 1.54) is 0 Å². The van der Waals surface area contributed by atoms with Crippen LogP contribution in [0.5, 0.6) is 5.75 Å². The van der Waals surface area contributed by atoms with Gasteiger partial charge in [-0.3, -0.25) is 9.78 Å². The Morgan fingerprint density at radius 2 is 1.86 bits per heavy atom. The van der Waals surface area contributed by atoms with Gasteiger partial charge in [-0.25, -0.2) is 0 Å². The van der Waals surface area contributed by atoms with E-state index in [0.717, 1.165) is 42.1 Å². The van der Waals surface area contributed by atoms with E-state index in [1.54, 1.807) is 6.92 Å². The predicted octanol–water partition coefficient (Wildman–Crippen LogP) is 4.44. The highest BCUT2D eigenvalue weighted by atomic mass is 16.5. The van der Waals surface area contributed by atoms with Crippen LogP contribution in [-0.4, -0.2) is 17.4 Å². The first kappa shape index (κ1) is 15.2. The molecule has 3 heteroatoms. The lowest BCUT2D eigenvalue weighted by atomic mass is 10.1. The fourth-order valence-corrected chi connectivity index (χ4v) is 2.15. The van der Waals surface area contributed by atoms with Gasteiger partial charge in [0.15, 0.2) is 5.78 Å². The number of benzene rings is 1. The summed E-state index contributed by atoms with van der Waals surface area (Å²) in [6, 6.07) is 11.6. The molecule has 0 saturated carbocycles. The van der Waals surface area contributed by atoms with Gasteiger partial charge in [-0.15, -0.1) is 0 Å². The molecule has 0 aliphatic carbocycles. The summed E-state index contributed by atoms with van der Waals surface area (Å²) < 4.78 is 5.65. The molecule has 2 rings (SSSR count). The van der Waals surface area contributed by atoms with Gasteiger partial charge < -0.3 is 4.74 Å². The molecule has 0 radical (unpaired) electrons. The second-order valence-corrected chi connectivity index (χ2v) is 5.11. The summed E-state index contributed by atoms with van der Waals surface area (Å²) >= 11 is 0. The molecule has 0 aliphatic rings. The average molecular weight is 283 g/mol. The third kappa shape index (κ3) is 3.91. The number of hydrogen-bond acceptors (Lipinski definition) is 3. The van der Waals surface area contributed by atoms with Crippen LogP contribution in [0.1, 0.15) is 42.7 Å². The quantitative estimate of drug-likeness (QED) is 0.581. The number of carbonyl (C=O) groups excluding carboxylic acids is 1. The van der Waals surface area contributed by atoms with E-state index >= 15 is 0 Å². The number of rotatable bonds is 6. The number of aromatic nitrogens is 1. The lowest BCUT2D eigenvalue weighted by Crippen LogP contribution is -1.99. The van der Waals surface area contributed by atoms with Gasteiger partial charge in [0.05, 0.1) is 12.3 Å². The molecule has 110 valence electrons. The van der Waals surface area contributed by atoms with Crippen molar-refractivity contribution in [2.45, 2.75) is 33.6 Å². The van der Waals surface area contributed by atoms with Crippen LogP contribution in [0.25, 0.3) is 11.3 Å². The summed E-state index contributed by atoms with van der Waals surface area (Å²) in [7, 11) is 0. The van der Waals surface area contributed by atoms with E-state index in [9.17, 15) is 4.79 Å². The number of Topliss-reactive ketones (excluding diaryl/α,β-unsaturated/α-hetero) is 1. The zero-order chi connectivity index (χ0) is 15.2. The summed E-state index contributed by atoms with van der Waals surface area (Å²) in [5, 5.41) is 0. The minimum atomic E-state index is 0.0474. The Kier molecular flexibility index (Phi) is 5.09. The van der Waals surface area contributed by atoms with Gasteiger partial charge in [0.2, 0.25) is 0 Å². The third-order valence-corrected chi connectivity index (χ3v) is 3.38. The maximum absolute atomic E-state index is 11.4. The molecule has 1 aromatic carbocycles. The van der Waals surface area contributed by atoms with E-state index in [1.807, 2.05) is 43.3 Å². The molecule has 0 saturated heterocycles. The molecule has 21 heavy (non-hydrogen) atoms. The molecule has 1 aromatic heterocycles. The molecule has 0 atom stereocenters. The van der Waals surface area contributed by atoms with E-state index in [4.69, 9.17) is 4.74 Å². The van der Waals surface area contributed by atoms with Gasteiger partial charge >= 0.3 is 0 Å². The van der Waals surface area contributed by atoms with Crippen molar-refractivity contribution < 1.29 is 9.53 Å². The number of pyridine rings is 1. The maximum Gasteiger partial charge on any atom is 0.161 e. The van der Waals surface area contributed by atoms with Crippen molar-refractivity contribution in [1.29, 1.82) is 0 Å². The van der Waals surface area contributed by atoms with Crippen LogP contribution >= 0.6 is 0 Å². The smallest absolute Gasteiger partial charge is 0.161 e. The average Bonchev–Trinajstić information content (AvgIpc) is 2.48. The van der Waals surface area contributed by atoms with Crippen molar-refractivity contribution in [2.24, 2.45) is 0 Å². The van der Waals surface area contributed by atoms with E-state index in [0.29, 0.717) is 5.56 Å². The summed E-state index contributed by atoms with van der Waals surface area (Å²) in [4.78, 5) is 15.9. The first-order valence-electron chi connectivity index (χ1n) is 7.33. The zero-order valence-electron chi connectivity index (χ0n) is 12.8. The van der Waals surface area contributed by atoms with Crippen molar-refractivity contribution in [3.63, 3.8) is 0 Å². The maximum atomic E-state index is 11.4. The van der Waals surface area contributed by atoms with Crippen LogP contribution in [-0.2, 0) is 0 Å². The molecule has 3 nitrogen and oxygen atoms in total. The number of nitrogens with zero attached hydrogens (tertiary/aromatic N) is 1. The van der Waals surface area contributed by atoms with Crippen molar-refractivity contribution in [2.75, 3.05) is 6.61 Å². The van der Waals surface area contributed by atoms with Crippen molar-refractivity contribution in [1.82, 2.24) is 4.98 Å². The highest BCUT2D eigenvalue weighted by molar-refractivity contribution is 5.95. The molecule has 0 bridgehead atoms. The normalized spacial score (nSPS) is 10.4. The Morgan fingerprint density at radius 3 is 2.43 bits per heavy atom. The van der Waals surface area contributed by atoms with Crippen LogP contribution in [0.4, 0.5) is 0 Å². The second kappa shape index (κ2) is 7.02. The van der Waals surface area contributed by atoms with Gasteiger partial charge in [0.1, 0.15) is 5.75 Å². The summed E-state index contributed by atoms with van der Waals surface area (Å²) in [5.41, 5.74) is 3.34. The minimum Gasteiger partial charge on any atom is -0.494 e. The molecular weight excluding hydrogens is 262 g/mol. The highest BCUT2D eigenvalue weighted by Crippen LogP contribution is 2.22. The number of ether oxygens (including phenoxy) is 1. The predicted molar refractivity (Wildman–Crippen MR) is 84.8 cm³/mol. The largest absolute Gasteiger partial charge is 0.494 e. The Hall–Kier alpha value is -2.16. The zero-order valence-corrected chi connectivity index (χ0v) is 12.8. The molecule has 2 aromatic rings. The van der Waals surface area contributed by atoms with Crippen LogP contribution < -0.4 is 4.74 Å². The topological polar surface area (TPSA) is 39.2 Å². The summed E-state index contributed by atoms with van der Waals surface area (Å²) in [5.74, 6) is 0.926. The minimum absolute atomic E-state index is 0.0474. The van der Waals surface area contributed by atoms with Gasteiger partial charge in [-0.2, -0.15) is 0 Å². The number of hydrogen-bond donors (Lipinski definition) is 0. The first-order chi connectivity index (χ1) is 10.1. The Labute approximate surface area is 126 Å². The Bertz CT molecular complexity index is 618. The fraction of sp³-hybridized carbons (Fsp3) is 0.333. The van der Waals surface area contributed by atoms with Crippen LogP contribution in [0, 0.1) is 6.92 Å². The molecule has 0 spiro atoms. The van der Waals surface area contributed by atoms with E-state index in [-0.39, 0.29) is 5.78 Å². The highest BCUT2D eigenvalue weighted by Gasteiger charge is 2.07. The van der Waals surface area contributed by atoms with Crippen LogP contribution in [0.3, 0.4) is 0 Å². The molecule has 0 N–H and O–H groups in total. The van der Waals surface area contributed by atoms with Gasteiger partial charge in [-0.05, 0) is 56.7 Å². The van der Waals surface area contributed by atoms with Gasteiger partial charge in [0.25, 0.3) is 0 Å². The van der Waals surface area contributed by atoms with E-state index < -0.39 is 0 Å². The standard InChI is InChI=1S/C18H21NO2/c1-4-5-12-21-16-8-6-15(7-9-16)18-11-10-17(14(3)20)13(2)19-18/h6-11H,4-5,12H2,1-3H3. The third-order valence-electron chi connectivity index (χ3n) is 3.38. The summed E-state index contributed by atoms with van der Waals surface area (Å²) in [6.07, 6.45) is 2.19. The van der Waals surface area contributed by atoms with Crippen LogP contribution in [0.2, 0.25) is 0 Å². The summed E-state index contributed by atoms with van der Waals surface area (Å²) in [6.45, 7) is 6.32. The second-order valence-electron chi connectivity index (χ2n) is 5.11. The van der Waals surface area contributed by atoms with Crippen LogP contribution in [0.15, 0.2) is 36.4 Å². The molecule has 0 fully saturated rings. The number of unbranched alkanes of at least 4 members (excludes halogenated alkanes) is 1. The number of aryl methyl sites for hydroxylation is 1. The molecular formula is C18H21NO2. The lowest BCUT2D eigenvalue weighted by Gasteiger charge is -2.08. The number of carbonyl (C=O) groups is 1. The first-order valence-corrected chi connectivity index (χ1v) is 7.33. The Morgan fingerprint density at radius 1 is 1.14 bits per heavy atom. The fourth-order valence-electron chi connectivity index (χ4n) is 2.15. The van der Waals surface area contributed by atoms with Crippen molar-refractivity contribution in [3.05, 3.63) is 47.7 Å². The van der Waals surface area contributed by atoms with Gasteiger partial charge in [0, 0.05) is 16.8 Å². The molecule has 0 amide bonds. The monoisotopic (exact) mass is 283 g/mol. The van der Waals surface area contributed by atoms with Gasteiger partial charge in [-0.1, -0.05) is 13.3 Å². The Balaban J connectivity index is 2.15. The molecule has 1 heterocycles.